The summed E-state index contributed by atoms with van der Waals surface area (Å²) in [6, 6.07) is 12.9. The SMILES string of the molecule is COc1ccc(C(=O)Nc2ccc(C(C)=O)cc2)cc1C12CC3CC(CC(C3)C1)C2. The molecule has 156 valence electrons. The van der Waals surface area contributed by atoms with Gasteiger partial charge in [0.05, 0.1) is 7.11 Å². The molecule has 4 aliphatic carbocycles. The van der Waals surface area contributed by atoms with Gasteiger partial charge in [-0.3, -0.25) is 9.59 Å². The van der Waals surface area contributed by atoms with Crippen molar-refractivity contribution in [2.24, 2.45) is 17.8 Å². The average Bonchev–Trinajstić information content (AvgIpc) is 2.72. The summed E-state index contributed by atoms with van der Waals surface area (Å²) in [5.41, 5.74) is 3.39. The fourth-order valence-electron chi connectivity index (χ4n) is 6.70. The molecule has 0 atom stereocenters. The highest BCUT2D eigenvalue weighted by Crippen LogP contribution is 2.61. The highest BCUT2D eigenvalue weighted by Gasteiger charge is 2.52. The predicted octanol–water partition coefficient (Wildman–Crippen LogP) is 5.62. The van der Waals surface area contributed by atoms with Crippen molar-refractivity contribution in [3.05, 3.63) is 59.2 Å². The van der Waals surface area contributed by atoms with E-state index in [1.165, 1.54) is 51.0 Å². The normalized spacial score (nSPS) is 28.9. The maximum Gasteiger partial charge on any atom is 0.255 e. The lowest BCUT2D eigenvalue weighted by molar-refractivity contribution is -0.00617. The highest BCUT2D eigenvalue weighted by molar-refractivity contribution is 6.05. The topological polar surface area (TPSA) is 55.4 Å². The van der Waals surface area contributed by atoms with Crippen LogP contribution in [0.25, 0.3) is 0 Å². The monoisotopic (exact) mass is 403 g/mol. The fourth-order valence-corrected chi connectivity index (χ4v) is 6.70. The predicted molar refractivity (Wildman–Crippen MR) is 117 cm³/mol. The van der Waals surface area contributed by atoms with Crippen molar-refractivity contribution in [3.8, 4) is 5.75 Å². The first-order valence-corrected chi connectivity index (χ1v) is 11.1. The van der Waals surface area contributed by atoms with Crippen LogP contribution in [0.15, 0.2) is 42.5 Å². The Labute approximate surface area is 178 Å². The molecule has 4 aliphatic rings. The van der Waals surface area contributed by atoms with Crippen molar-refractivity contribution < 1.29 is 14.3 Å². The Kier molecular flexibility index (Phi) is 4.68. The van der Waals surface area contributed by atoms with Gasteiger partial charge in [-0.1, -0.05) is 0 Å². The van der Waals surface area contributed by atoms with Gasteiger partial charge >= 0.3 is 0 Å². The minimum absolute atomic E-state index is 0.0169. The summed E-state index contributed by atoms with van der Waals surface area (Å²) in [5, 5.41) is 2.97. The molecular formula is C26H29NO3. The number of anilines is 1. The molecule has 2 aromatic carbocycles. The lowest BCUT2D eigenvalue weighted by atomic mass is 9.48. The molecule has 0 heterocycles. The third-order valence-electron chi connectivity index (χ3n) is 7.62. The van der Waals surface area contributed by atoms with E-state index in [9.17, 15) is 9.59 Å². The van der Waals surface area contributed by atoms with E-state index in [4.69, 9.17) is 4.74 Å². The molecule has 4 bridgehead atoms. The number of rotatable bonds is 5. The summed E-state index contributed by atoms with van der Waals surface area (Å²) < 4.78 is 5.76. The van der Waals surface area contributed by atoms with Crippen LogP contribution in [0.2, 0.25) is 0 Å². The molecule has 0 aliphatic heterocycles. The second-order valence-electron chi connectivity index (χ2n) is 9.70. The van der Waals surface area contributed by atoms with Crippen LogP contribution in [-0.4, -0.2) is 18.8 Å². The van der Waals surface area contributed by atoms with E-state index >= 15 is 0 Å². The standard InChI is InChI=1S/C26H29NO3/c1-16(28)20-3-6-22(7-4-20)27-25(29)21-5-8-24(30-2)23(12-21)26-13-17-9-18(14-26)11-19(10-17)15-26/h3-8,12,17-19H,9-11,13-15H2,1-2H3,(H,27,29). The Morgan fingerprint density at radius 3 is 2.00 bits per heavy atom. The Bertz CT molecular complexity index is 957. The Morgan fingerprint density at radius 2 is 1.47 bits per heavy atom. The molecule has 4 fully saturated rings. The largest absolute Gasteiger partial charge is 0.496 e. The molecule has 0 radical (unpaired) electrons. The molecule has 6 rings (SSSR count). The van der Waals surface area contributed by atoms with Crippen LogP contribution in [0.5, 0.6) is 5.75 Å². The quantitative estimate of drug-likeness (QED) is 0.660. The van der Waals surface area contributed by atoms with E-state index < -0.39 is 0 Å². The fraction of sp³-hybridized carbons (Fsp3) is 0.462. The number of Topliss-reactive ketones (excluding diaryl/α,β-unsaturated/α-hetero) is 1. The molecular weight excluding hydrogens is 374 g/mol. The lowest BCUT2D eigenvalue weighted by Gasteiger charge is -2.57. The molecule has 4 heteroatoms. The first-order valence-electron chi connectivity index (χ1n) is 11.1. The smallest absolute Gasteiger partial charge is 0.255 e. The molecule has 4 saturated carbocycles. The van der Waals surface area contributed by atoms with Crippen LogP contribution in [0, 0.1) is 17.8 Å². The first-order chi connectivity index (χ1) is 14.5. The minimum atomic E-state index is -0.126. The van der Waals surface area contributed by atoms with Gasteiger partial charge in [-0.2, -0.15) is 0 Å². The number of hydrogen-bond acceptors (Lipinski definition) is 3. The number of ketones is 1. The number of benzene rings is 2. The van der Waals surface area contributed by atoms with Gasteiger partial charge in [0.1, 0.15) is 5.75 Å². The van der Waals surface area contributed by atoms with Gasteiger partial charge in [-0.15, -0.1) is 0 Å². The summed E-state index contributed by atoms with van der Waals surface area (Å²) in [6.45, 7) is 1.54. The summed E-state index contributed by atoms with van der Waals surface area (Å²) in [4.78, 5) is 24.5. The van der Waals surface area contributed by atoms with Gasteiger partial charge in [0.2, 0.25) is 0 Å². The molecule has 0 aromatic heterocycles. The summed E-state index contributed by atoms with van der Waals surface area (Å²) in [7, 11) is 1.73. The second-order valence-corrected chi connectivity index (χ2v) is 9.70. The van der Waals surface area contributed by atoms with Gasteiger partial charge < -0.3 is 10.1 Å². The van der Waals surface area contributed by atoms with E-state index in [2.05, 4.69) is 11.4 Å². The number of ether oxygens (including phenoxy) is 1. The van der Waals surface area contributed by atoms with E-state index in [0.717, 1.165) is 23.5 Å². The third kappa shape index (κ3) is 3.32. The Balaban J connectivity index is 1.43. The van der Waals surface area contributed by atoms with Crippen molar-refractivity contribution in [1.29, 1.82) is 0 Å². The maximum atomic E-state index is 13.0. The molecule has 1 amide bonds. The molecule has 0 unspecified atom stereocenters. The van der Waals surface area contributed by atoms with Gasteiger partial charge in [0.25, 0.3) is 5.91 Å². The zero-order valence-corrected chi connectivity index (χ0v) is 17.7. The minimum Gasteiger partial charge on any atom is -0.496 e. The van der Waals surface area contributed by atoms with Gasteiger partial charge in [0.15, 0.2) is 5.78 Å². The van der Waals surface area contributed by atoms with E-state index in [0.29, 0.717) is 16.8 Å². The number of nitrogens with one attached hydrogen (secondary N) is 1. The lowest BCUT2D eigenvalue weighted by Crippen LogP contribution is -2.48. The van der Waals surface area contributed by atoms with E-state index in [-0.39, 0.29) is 17.1 Å². The summed E-state index contributed by atoms with van der Waals surface area (Å²) in [6.07, 6.45) is 7.85. The van der Waals surface area contributed by atoms with Crippen LogP contribution >= 0.6 is 0 Å². The van der Waals surface area contributed by atoms with Crippen LogP contribution in [0.4, 0.5) is 5.69 Å². The molecule has 4 nitrogen and oxygen atoms in total. The van der Waals surface area contributed by atoms with Gasteiger partial charge in [-0.05, 0) is 111 Å². The number of methoxy groups -OCH3 is 1. The Hall–Kier alpha value is -2.62. The zero-order valence-electron chi connectivity index (χ0n) is 17.7. The highest BCUT2D eigenvalue weighted by atomic mass is 16.5. The summed E-state index contributed by atoms with van der Waals surface area (Å²) in [5.74, 6) is 3.30. The van der Waals surface area contributed by atoms with Crippen molar-refractivity contribution in [3.63, 3.8) is 0 Å². The van der Waals surface area contributed by atoms with Crippen LogP contribution < -0.4 is 10.1 Å². The maximum absolute atomic E-state index is 13.0. The summed E-state index contributed by atoms with van der Waals surface area (Å²) >= 11 is 0. The molecule has 2 aromatic rings. The molecule has 0 spiro atoms. The van der Waals surface area contributed by atoms with Crippen molar-refractivity contribution >= 4 is 17.4 Å². The van der Waals surface area contributed by atoms with E-state index in [1.807, 2.05) is 12.1 Å². The van der Waals surface area contributed by atoms with Crippen LogP contribution in [0.1, 0.15) is 71.7 Å². The van der Waals surface area contributed by atoms with Crippen LogP contribution in [-0.2, 0) is 5.41 Å². The molecule has 0 saturated heterocycles. The average molecular weight is 404 g/mol. The first kappa shape index (κ1) is 19.3. The Morgan fingerprint density at radius 1 is 0.900 bits per heavy atom. The van der Waals surface area contributed by atoms with Crippen LogP contribution in [0.3, 0.4) is 0 Å². The van der Waals surface area contributed by atoms with Gasteiger partial charge in [-0.25, -0.2) is 0 Å². The van der Waals surface area contributed by atoms with Crippen molar-refractivity contribution in [2.45, 2.75) is 50.9 Å². The van der Waals surface area contributed by atoms with Gasteiger partial charge in [0, 0.05) is 22.4 Å². The molecule has 1 N–H and O–H groups in total. The second kappa shape index (κ2) is 7.26. The zero-order chi connectivity index (χ0) is 20.9. The number of carbonyl (C=O) groups is 2. The molecule has 30 heavy (non-hydrogen) atoms. The number of carbonyl (C=O) groups excluding carboxylic acids is 2. The van der Waals surface area contributed by atoms with Crippen molar-refractivity contribution in [2.75, 3.05) is 12.4 Å². The number of hydrogen-bond donors (Lipinski definition) is 1. The number of amides is 1. The third-order valence-corrected chi connectivity index (χ3v) is 7.62. The van der Waals surface area contributed by atoms with Crippen molar-refractivity contribution in [1.82, 2.24) is 0 Å². The van der Waals surface area contributed by atoms with E-state index in [1.54, 1.807) is 31.4 Å².